The Morgan fingerprint density at radius 2 is 1.94 bits per heavy atom. The predicted molar refractivity (Wildman–Crippen MR) is 131 cm³/mol. The van der Waals surface area contributed by atoms with Crippen molar-refractivity contribution in [1.29, 1.82) is 0 Å². The summed E-state index contributed by atoms with van der Waals surface area (Å²) in [6.45, 7) is 3.64. The van der Waals surface area contributed by atoms with Crippen LogP contribution in [0.4, 0.5) is 5.69 Å². The highest BCUT2D eigenvalue weighted by Gasteiger charge is 2.46. The fourth-order valence-corrected chi connectivity index (χ4v) is 4.60. The van der Waals surface area contributed by atoms with Crippen molar-refractivity contribution in [2.75, 3.05) is 18.1 Å². The van der Waals surface area contributed by atoms with Gasteiger partial charge in [0.1, 0.15) is 6.04 Å². The molecule has 0 saturated heterocycles. The van der Waals surface area contributed by atoms with Crippen molar-refractivity contribution in [2.24, 2.45) is 5.92 Å². The molecule has 0 aliphatic carbocycles. The molecule has 0 bridgehead atoms. The number of aromatic nitrogens is 1. The third-order valence-corrected chi connectivity index (χ3v) is 6.32. The van der Waals surface area contributed by atoms with Crippen molar-refractivity contribution >= 4 is 28.7 Å². The first-order valence-electron chi connectivity index (χ1n) is 11.1. The van der Waals surface area contributed by atoms with Crippen LogP contribution >= 0.6 is 11.3 Å². The molecular formula is C26H26N2O5S. The number of anilines is 1. The van der Waals surface area contributed by atoms with Gasteiger partial charge in [0.25, 0.3) is 5.91 Å². The topological polar surface area (TPSA) is 100.0 Å². The minimum absolute atomic E-state index is 0.0296. The van der Waals surface area contributed by atoms with Crippen LogP contribution in [0, 0.1) is 5.92 Å². The van der Waals surface area contributed by atoms with E-state index in [4.69, 9.17) is 9.84 Å². The van der Waals surface area contributed by atoms with Gasteiger partial charge >= 0.3 is 0 Å². The van der Waals surface area contributed by atoms with E-state index in [9.17, 15) is 14.7 Å². The van der Waals surface area contributed by atoms with Gasteiger partial charge in [-0.3, -0.25) is 14.5 Å². The first-order chi connectivity index (χ1) is 16.4. The molecular weight excluding hydrogens is 452 g/mol. The number of benzene rings is 1. The number of hydrogen-bond acceptors (Lipinski definition) is 7. The molecule has 3 heterocycles. The van der Waals surface area contributed by atoms with E-state index in [1.54, 1.807) is 55.6 Å². The number of hydrogen-bond donors (Lipinski definition) is 2. The number of carbonyl (C=O) groups excluding carboxylic acids is 2. The van der Waals surface area contributed by atoms with E-state index in [1.807, 2.05) is 29.0 Å². The van der Waals surface area contributed by atoms with E-state index < -0.39 is 23.6 Å². The number of carbonyl (C=O) groups is 2. The number of nitrogens with zero attached hydrogens (tertiary/aromatic N) is 2. The maximum absolute atomic E-state index is 13.3. The van der Waals surface area contributed by atoms with E-state index in [-0.39, 0.29) is 30.5 Å². The van der Waals surface area contributed by atoms with Crippen LogP contribution in [0.2, 0.25) is 0 Å². The van der Waals surface area contributed by atoms with Gasteiger partial charge in [0.2, 0.25) is 5.88 Å². The molecule has 2 N–H and O–H groups in total. The van der Waals surface area contributed by atoms with Crippen LogP contribution in [0.3, 0.4) is 0 Å². The van der Waals surface area contributed by atoms with Crippen LogP contribution in [0.5, 0.6) is 5.88 Å². The molecule has 3 aromatic rings. The van der Waals surface area contributed by atoms with Crippen molar-refractivity contribution < 1.29 is 24.5 Å². The molecule has 4 rings (SSSR count). The van der Waals surface area contributed by atoms with Gasteiger partial charge in [-0.1, -0.05) is 26.0 Å². The number of thiophene rings is 1. The molecule has 7 nitrogen and oxygen atoms in total. The average Bonchev–Trinajstić information content (AvgIpc) is 3.47. The zero-order valence-corrected chi connectivity index (χ0v) is 19.8. The monoisotopic (exact) mass is 478 g/mol. The Hall–Kier alpha value is -3.49. The Morgan fingerprint density at radius 1 is 1.18 bits per heavy atom. The molecule has 8 heteroatoms. The summed E-state index contributed by atoms with van der Waals surface area (Å²) in [6, 6.07) is 12.0. The third-order valence-electron chi connectivity index (χ3n) is 5.63. The number of pyridine rings is 1. The molecule has 1 amide bonds. The fraction of sp³-hybridized carbons (Fsp3) is 0.269. The third kappa shape index (κ3) is 4.47. The van der Waals surface area contributed by atoms with E-state index in [0.717, 1.165) is 11.1 Å². The Labute approximate surface area is 202 Å². The molecule has 1 atom stereocenters. The molecule has 1 aliphatic heterocycles. The van der Waals surface area contributed by atoms with Gasteiger partial charge in [-0.15, -0.1) is 0 Å². The Bertz CT molecular complexity index is 1200. The van der Waals surface area contributed by atoms with E-state index in [1.165, 1.54) is 4.90 Å². The minimum Gasteiger partial charge on any atom is -0.503 e. The molecule has 0 fully saturated rings. The van der Waals surface area contributed by atoms with Crippen molar-refractivity contribution in [1.82, 2.24) is 4.98 Å². The first kappa shape index (κ1) is 23.7. The number of Topliss-reactive ketones (excluding diaryl/α,β-unsaturated/α-hetero) is 1. The largest absolute Gasteiger partial charge is 0.503 e. The lowest BCUT2D eigenvalue weighted by Gasteiger charge is -2.28. The number of ketones is 1. The molecule has 0 saturated carbocycles. The standard InChI is InChI=1S/C26H26N2O5S/c1-16(2)23(30)21-22(20-5-3-11-27-25(20)33-13-4-12-29)28(26(32)24(21)31)19-8-6-17(7-9-19)18-10-14-34-15-18/h3,5-11,14-16,22,29,31H,4,12-13H2,1-2H3. The number of aliphatic hydroxyl groups is 2. The zero-order valence-electron chi connectivity index (χ0n) is 19.0. The van der Waals surface area contributed by atoms with Gasteiger partial charge in [0, 0.05) is 36.4 Å². The number of ether oxygens (including phenoxy) is 1. The van der Waals surface area contributed by atoms with E-state index in [2.05, 4.69) is 4.98 Å². The average molecular weight is 479 g/mol. The van der Waals surface area contributed by atoms with Crippen molar-refractivity contribution in [3.63, 3.8) is 0 Å². The molecule has 0 spiro atoms. The smallest absolute Gasteiger partial charge is 0.294 e. The molecule has 2 aromatic heterocycles. The summed E-state index contributed by atoms with van der Waals surface area (Å²) in [5.41, 5.74) is 3.13. The summed E-state index contributed by atoms with van der Waals surface area (Å²) in [4.78, 5) is 32.2. The van der Waals surface area contributed by atoms with Crippen LogP contribution in [-0.2, 0) is 9.59 Å². The summed E-state index contributed by atoms with van der Waals surface area (Å²) in [5, 5.41) is 24.0. The Balaban J connectivity index is 1.80. The quantitative estimate of drug-likeness (QED) is 0.433. The van der Waals surface area contributed by atoms with Crippen LogP contribution in [0.15, 0.2) is 70.8 Å². The second-order valence-corrected chi connectivity index (χ2v) is 9.02. The lowest BCUT2D eigenvalue weighted by Crippen LogP contribution is -2.32. The summed E-state index contributed by atoms with van der Waals surface area (Å²) < 4.78 is 5.78. The molecule has 34 heavy (non-hydrogen) atoms. The second-order valence-electron chi connectivity index (χ2n) is 8.24. The summed E-state index contributed by atoms with van der Waals surface area (Å²) in [7, 11) is 0. The molecule has 1 aliphatic rings. The maximum atomic E-state index is 13.3. The predicted octanol–water partition coefficient (Wildman–Crippen LogP) is 4.70. The molecule has 0 radical (unpaired) electrons. The normalized spacial score (nSPS) is 15.9. The minimum atomic E-state index is -0.896. The lowest BCUT2D eigenvalue weighted by molar-refractivity contribution is -0.119. The summed E-state index contributed by atoms with van der Waals surface area (Å²) in [6.07, 6.45) is 1.97. The first-order valence-corrected chi connectivity index (χ1v) is 12.0. The van der Waals surface area contributed by atoms with Crippen LogP contribution in [0.1, 0.15) is 31.9 Å². The van der Waals surface area contributed by atoms with E-state index in [0.29, 0.717) is 17.7 Å². The lowest BCUT2D eigenvalue weighted by atomic mass is 9.91. The van der Waals surface area contributed by atoms with Crippen molar-refractivity contribution in [3.8, 4) is 17.0 Å². The van der Waals surface area contributed by atoms with Crippen LogP contribution < -0.4 is 9.64 Å². The number of aliphatic hydroxyl groups excluding tert-OH is 2. The fourth-order valence-electron chi connectivity index (χ4n) is 3.94. The van der Waals surface area contributed by atoms with Gasteiger partial charge in [0.15, 0.2) is 11.5 Å². The van der Waals surface area contributed by atoms with Gasteiger partial charge in [0.05, 0.1) is 12.2 Å². The molecule has 176 valence electrons. The Morgan fingerprint density at radius 3 is 2.59 bits per heavy atom. The highest BCUT2D eigenvalue weighted by Crippen LogP contribution is 2.44. The van der Waals surface area contributed by atoms with E-state index >= 15 is 0 Å². The second kappa shape index (κ2) is 10.2. The molecule has 1 aromatic carbocycles. The highest BCUT2D eigenvalue weighted by molar-refractivity contribution is 7.08. The molecule has 1 unspecified atom stereocenters. The van der Waals surface area contributed by atoms with Crippen LogP contribution in [0.25, 0.3) is 11.1 Å². The van der Waals surface area contributed by atoms with Crippen molar-refractivity contribution in [2.45, 2.75) is 26.3 Å². The van der Waals surface area contributed by atoms with Gasteiger partial charge < -0.3 is 14.9 Å². The zero-order chi connectivity index (χ0) is 24.2. The summed E-state index contributed by atoms with van der Waals surface area (Å²) >= 11 is 1.60. The van der Waals surface area contributed by atoms with Crippen molar-refractivity contribution in [3.05, 3.63) is 76.3 Å². The van der Waals surface area contributed by atoms with Gasteiger partial charge in [-0.05, 0) is 52.2 Å². The van der Waals surface area contributed by atoms with Gasteiger partial charge in [-0.2, -0.15) is 11.3 Å². The highest BCUT2D eigenvalue weighted by atomic mass is 32.1. The Kier molecular flexibility index (Phi) is 7.09. The number of rotatable bonds is 9. The van der Waals surface area contributed by atoms with Gasteiger partial charge in [-0.25, -0.2) is 4.98 Å². The maximum Gasteiger partial charge on any atom is 0.294 e. The summed E-state index contributed by atoms with van der Waals surface area (Å²) in [5.74, 6) is -1.71. The SMILES string of the molecule is CC(C)C(=O)C1=C(O)C(=O)N(c2ccc(-c3ccsc3)cc2)C1c1cccnc1OCCCO. The number of amides is 1. The van der Waals surface area contributed by atoms with Crippen LogP contribution in [-0.4, -0.2) is 40.1 Å².